The van der Waals surface area contributed by atoms with Crippen molar-refractivity contribution in [1.29, 1.82) is 0 Å². The van der Waals surface area contributed by atoms with Crippen molar-refractivity contribution in [3.63, 3.8) is 0 Å². The van der Waals surface area contributed by atoms with E-state index < -0.39 is 6.10 Å². The lowest BCUT2D eigenvalue weighted by Gasteiger charge is -2.18. The first kappa shape index (κ1) is 74.5. The smallest absolute Gasteiger partial charge is 0.306 e. The molecule has 448 valence electrons. The Morgan fingerprint density at radius 1 is 0.266 bits per heavy atom. The molecule has 0 spiro atoms. The summed E-state index contributed by atoms with van der Waals surface area (Å²) in [4.78, 5) is 38.3. The SMILES string of the molecule is CC/C=C\C/C=C\C/C=C\C/C=C\C/C=C\C/C=C\C/C=C\C/C=C\CCCCC(=O)OCC(COC(=O)CCCCCCC/C=C\CCCCCC)OC(=O)CCCCCCCCCCC/C=C\C/C=C\CCCCCCC. The van der Waals surface area contributed by atoms with Gasteiger partial charge in [0.05, 0.1) is 0 Å². The number of rotatable bonds is 58. The number of carbonyl (C=O) groups excluding carboxylic acids is 3. The molecule has 0 saturated carbocycles. The molecule has 6 nitrogen and oxygen atoms in total. The fourth-order valence-electron chi connectivity index (χ4n) is 8.72. The standard InChI is InChI=1S/C73H120O6/c1-4-7-10-13-16-19-22-25-27-29-31-33-34-35-36-37-38-40-41-43-45-48-51-54-57-60-63-66-72(75)78-69-70(68-77-71(74)65-62-59-56-53-50-47-24-21-18-15-12-9-6-3)79-73(76)67-64-61-58-55-52-49-46-44-42-39-32-30-28-26-23-20-17-14-11-8-5-2/h7,10,16,19,21,23-27,30-33,35-36,38,40,43,45,51,54,70H,4-6,8-9,11-15,17-18,20,22,28-29,34,37,39,41-42,44,46-50,52-53,55-69H2,1-3H3/b10-7-,19-16-,24-21-,26-23-,27-25-,32-30-,33-31-,36-35-,40-38-,45-43-,54-51-. The van der Waals surface area contributed by atoms with Crippen molar-refractivity contribution in [3.05, 3.63) is 134 Å². The Labute approximate surface area is 487 Å². The van der Waals surface area contributed by atoms with Gasteiger partial charge in [0.15, 0.2) is 6.10 Å². The highest BCUT2D eigenvalue weighted by Gasteiger charge is 2.19. The minimum Gasteiger partial charge on any atom is -0.462 e. The largest absolute Gasteiger partial charge is 0.462 e. The van der Waals surface area contributed by atoms with Gasteiger partial charge in [0.2, 0.25) is 0 Å². The molecule has 0 aliphatic heterocycles. The van der Waals surface area contributed by atoms with Gasteiger partial charge in [0.1, 0.15) is 13.2 Å². The van der Waals surface area contributed by atoms with Gasteiger partial charge in [0, 0.05) is 19.3 Å². The fourth-order valence-corrected chi connectivity index (χ4v) is 8.72. The maximum absolute atomic E-state index is 12.9. The summed E-state index contributed by atoms with van der Waals surface area (Å²) in [6.07, 6.45) is 93.1. The molecule has 0 bridgehead atoms. The van der Waals surface area contributed by atoms with Gasteiger partial charge >= 0.3 is 17.9 Å². The molecule has 0 radical (unpaired) electrons. The van der Waals surface area contributed by atoms with E-state index in [1.54, 1.807) is 0 Å². The molecule has 0 N–H and O–H groups in total. The Morgan fingerprint density at radius 3 is 0.823 bits per heavy atom. The van der Waals surface area contributed by atoms with E-state index in [9.17, 15) is 14.4 Å². The Hall–Kier alpha value is -4.45. The molecule has 0 aliphatic rings. The summed E-state index contributed by atoms with van der Waals surface area (Å²) in [7, 11) is 0. The van der Waals surface area contributed by atoms with Gasteiger partial charge in [-0.3, -0.25) is 14.4 Å². The zero-order valence-corrected chi connectivity index (χ0v) is 51.3. The summed E-state index contributed by atoms with van der Waals surface area (Å²) in [5.41, 5.74) is 0. The zero-order chi connectivity index (χ0) is 57.1. The van der Waals surface area contributed by atoms with E-state index in [0.29, 0.717) is 25.7 Å². The molecule has 0 aromatic carbocycles. The van der Waals surface area contributed by atoms with Crippen LogP contribution < -0.4 is 0 Å². The molecule has 79 heavy (non-hydrogen) atoms. The van der Waals surface area contributed by atoms with Crippen LogP contribution in [0, 0.1) is 0 Å². The average molecular weight is 1090 g/mol. The number of allylic oxidation sites excluding steroid dienone is 22. The molecular weight excluding hydrogens is 973 g/mol. The second-order valence-corrected chi connectivity index (χ2v) is 21.3. The number of ether oxygens (including phenoxy) is 3. The van der Waals surface area contributed by atoms with Crippen molar-refractivity contribution < 1.29 is 28.6 Å². The maximum atomic E-state index is 12.9. The normalized spacial score (nSPS) is 13.0. The predicted molar refractivity (Wildman–Crippen MR) is 343 cm³/mol. The van der Waals surface area contributed by atoms with E-state index in [1.165, 1.54) is 122 Å². The molecule has 1 unspecified atom stereocenters. The highest BCUT2D eigenvalue weighted by molar-refractivity contribution is 5.71. The van der Waals surface area contributed by atoms with Gasteiger partial charge in [-0.25, -0.2) is 0 Å². The third-order valence-electron chi connectivity index (χ3n) is 13.6. The average Bonchev–Trinajstić information content (AvgIpc) is 3.45. The van der Waals surface area contributed by atoms with Crippen LogP contribution in [0.15, 0.2) is 134 Å². The zero-order valence-electron chi connectivity index (χ0n) is 51.3. The number of carbonyl (C=O) groups is 3. The van der Waals surface area contributed by atoms with Gasteiger partial charge in [-0.15, -0.1) is 0 Å². The van der Waals surface area contributed by atoms with Crippen LogP contribution in [0.5, 0.6) is 0 Å². The van der Waals surface area contributed by atoms with Crippen LogP contribution in [0.25, 0.3) is 0 Å². The van der Waals surface area contributed by atoms with Crippen LogP contribution in [0.4, 0.5) is 0 Å². The summed E-state index contributed by atoms with van der Waals surface area (Å²) in [5.74, 6) is -0.956. The van der Waals surface area contributed by atoms with E-state index in [4.69, 9.17) is 14.2 Å². The van der Waals surface area contributed by atoms with Gasteiger partial charge < -0.3 is 14.2 Å². The molecule has 1 atom stereocenters. The third-order valence-corrected chi connectivity index (χ3v) is 13.6. The Bertz CT molecular complexity index is 1680. The molecule has 0 fully saturated rings. The Morgan fingerprint density at radius 2 is 0.494 bits per heavy atom. The molecule has 0 aromatic heterocycles. The first-order valence-corrected chi connectivity index (χ1v) is 32.7. The quantitative estimate of drug-likeness (QED) is 0.0261. The van der Waals surface area contributed by atoms with Crippen LogP contribution in [0.3, 0.4) is 0 Å². The van der Waals surface area contributed by atoms with Crippen molar-refractivity contribution >= 4 is 17.9 Å². The van der Waals surface area contributed by atoms with Gasteiger partial charge in [-0.05, 0) is 141 Å². The van der Waals surface area contributed by atoms with E-state index in [2.05, 4.69) is 154 Å². The highest BCUT2D eigenvalue weighted by Crippen LogP contribution is 2.15. The number of hydrogen-bond acceptors (Lipinski definition) is 6. The van der Waals surface area contributed by atoms with E-state index in [-0.39, 0.29) is 31.1 Å². The summed E-state index contributed by atoms with van der Waals surface area (Å²) < 4.78 is 16.9. The highest BCUT2D eigenvalue weighted by atomic mass is 16.6. The van der Waals surface area contributed by atoms with Crippen LogP contribution in [-0.2, 0) is 28.6 Å². The van der Waals surface area contributed by atoms with Gasteiger partial charge in [-0.2, -0.15) is 0 Å². The number of hydrogen-bond donors (Lipinski definition) is 0. The second kappa shape index (κ2) is 66.1. The molecule has 0 heterocycles. The van der Waals surface area contributed by atoms with Crippen LogP contribution in [-0.4, -0.2) is 37.2 Å². The van der Waals surface area contributed by atoms with Crippen molar-refractivity contribution in [3.8, 4) is 0 Å². The summed E-state index contributed by atoms with van der Waals surface area (Å²) in [6.45, 7) is 6.46. The second-order valence-electron chi connectivity index (χ2n) is 21.3. The van der Waals surface area contributed by atoms with Crippen molar-refractivity contribution in [2.45, 2.75) is 297 Å². The van der Waals surface area contributed by atoms with Crippen LogP contribution >= 0.6 is 0 Å². The summed E-state index contributed by atoms with van der Waals surface area (Å²) >= 11 is 0. The predicted octanol–water partition coefficient (Wildman–Crippen LogP) is 22.5. The Kier molecular flexibility index (Phi) is 62.3. The fraction of sp³-hybridized carbons (Fsp3) is 0.658. The summed E-state index contributed by atoms with van der Waals surface area (Å²) in [6, 6.07) is 0. The third kappa shape index (κ3) is 64.3. The van der Waals surface area contributed by atoms with E-state index in [0.717, 1.165) is 122 Å². The molecule has 0 rings (SSSR count). The Balaban J connectivity index is 4.45. The van der Waals surface area contributed by atoms with Gasteiger partial charge in [-0.1, -0.05) is 264 Å². The first-order chi connectivity index (χ1) is 39.0. The van der Waals surface area contributed by atoms with Crippen LogP contribution in [0.2, 0.25) is 0 Å². The van der Waals surface area contributed by atoms with Crippen LogP contribution in [0.1, 0.15) is 290 Å². The number of esters is 3. The van der Waals surface area contributed by atoms with Crippen molar-refractivity contribution in [1.82, 2.24) is 0 Å². The summed E-state index contributed by atoms with van der Waals surface area (Å²) in [5, 5.41) is 0. The molecule has 0 amide bonds. The maximum Gasteiger partial charge on any atom is 0.306 e. The van der Waals surface area contributed by atoms with Crippen molar-refractivity contribution in [2.24, 2.45) is 0 Å². The lowest BCUT2D eigenvalue weighted by molar-refractivity contribution is -0.167. The van der Waals surface area contributed by atoms with Crippen molar-refractivity contribution in [2.75, 3.05) is 13.2 Å². The van der Waals surface area contributed by atoms with Gasteiger partial charge in [0.25, 0.3) is 0 Å². The van der Waals surface area contributed by atoms with E-state index >= 15 is 0 Å². The molecule has 6 heteroatoms. The minimum absolute atomic E-state index is 0.101. The molecular formula is C73H120O6. The molecule has 0 aliphatic carbocycles. The lowest BCUT2D eigenvalue weighted by Crippen LogP contribution is -2.30. The topological polar surface area (TPSA) is 78.9 Å². The minimum atomic E-state index is -0.808. The number of unbranched alkanes of at least 4 members (excludes halogenated alkanes) is 25. The molecule has 0 saturated heterocycles. The molecule has 0 aromatic rings. The first-order valence-electron chi connectivity index (χ1n) is 32.7. The lowest BCUT2D eigenvalue weighted by atomic mass is 10.1. The van der Waals surface area contributed by atoms with E-state index in [1.807, 2.05) is 0 Å². The monoisotopic (exact) mass is 1090 g/mol.